The van der Waals surface area contributed by atoms with Gasteiger partial charge >= 0.3 is 5.97 Å². The van der Waals surface area contributed by atoms with Gasteiger partial charge in [-0.2, -0.15) is 0 Å². The average molecular weight is 326 g/mol. The standard InChI is InChI=1S/C20H22O4/c1-14(2)16-10-6-7-11-17(21)19(16)24-18(20(22)23)13-12-15-8-4-3-5-9-15/h3-11,14,18H,12-13H2,1-2H3,(H,22,23). The first kappa shape index (κ1) is 17.7. The Labute approximate surface area is 141 Å². The molecule has 0 aliphatic heterocycles. The second kappa shape index (κ2) is 8.29. The molecule has 1 unspecified atom stereocenters. The number of carboxylic acids is 1. The van der Waals surface area contributed by atoms with Crippen molar-refractivity contribution in [2.75, 3.05) is 0 Å². The number of ether oxygens (including phenoxy) is 1. The molecule has 0 saturated carbocycles. The van der Waals surface area contributed by atoms with E-state index in [-0.39, 0.29) is 17.1 Å². The van der Waals surface area contributed by atoms with Crippen molar-refractivity contribution in [3.05, 3.63) is 75.9 Å². The quantitative estimate of drug-likeness (QED) is 0.844. The van der Waals surface area contributed by atoms with E-state index in [4.69, 9.17) is 4.74 Å². The van der Waals surface area contributed by atoms with E-state index in [9.17, 15) is 14.7 Å². The van der Waals surface area contributed by atoms with Crippen LogP contribution in [0.5, 0.6) is 5.75 Å². The molecule has 0 saturated heterocycles. The molecule has 0 amide bonds. The number of aliphatic carboxylic acids is 1. The van der Waals surface area contributed by atoms with Gasteiger partial charge in [0.25, 0.3) is 0 Å². The Bertz CT molecular complexity index is 738. The Morgan fingerprint density at radius 3 is 2.29 bits per heavy atom. The van der Waals surface area contributed by atoms with Gasteiger partial charge in [0.2, 0.25) is 5.43 Å². The molecule has 0 radical (unpaired) electrons. The van der Waals surface area contributed by atoms with E-state index in [1.54, 1.807) is 18.2 Å². The molecule has 126 valence electrons. The Hall–Kier alpha value is -2.62. The number of hydrogen-bond donors (Lipinski definition) is 1. The van der Waals surface area contributed by atoms with Gasteiger partial charge in [0.1, 0.15) is 0 Å². The molecule has 2 aromatic rings. The average Bonchev–Trinajstić information content (AvgIpc) is 2.74. The highest BCUT2D eigenvalue weighted by Gasteiger charge is 2.22. The fraction of sp³-hybridized carbons (Fsp3) is 0.300. The third kappa shape index (κ3) is 4.69. The summed E-state index contributed by atoms with van der Waals surface area (Å²) in [7, 11) is 0. The molecule has 0 fully saturated rings. The summed E-state index contributed by atoms with van der Waals surface area (Å²) in [6.45, 7) is 3.89. The Morgan fingerprint density at radius 2 is 1.67 bits per heavy atom. The SMILES string of the molecule is CC(C)c1ccccc(=O)c1OC(CCc1ccccc1)C(=O)O. The molecule has 0 aromatic heterocycles. The van der Waals surface area contributed by atoms with Crippen molar-refractivity contribution in [2.24, 2.45) is 0 Å². The van der Waals surface area contributed by atoms with Gasteiger partial charge in [0.15, 0.2) is 11.9 Å². The highest BCUT2D eigenvalue weighted by atomic mass is 16.5. The van der Waals surface area contributed by atoms with Crippen LogP contribution in [0, 0.1) is 0 Å². The maximum absolute atomic E-state index is 12.3. The van der Waals surface area contributed by atoms with Crippen LogP contribution in [0.15, 0.2) is 59.4 Å². The summed E-state index contributed by atoms with van der Waals surface area (Å²) in [6.07, 6.45) is -0.186. The number of hydrogen-bond acceptors (Lipinski definition) is 3. The third-order valence-corrected chi connectivity index (χ3v) is 3.82. The maximum atomic E-state index is 12.3. The van der Waals surface area contributed by atoms with Gasteiger partial charge in [0.05, 0.1) is 0 Å². The highest BCUT2D eigenvalue weighted by Crippen LogP contribution is 2.23. The van der Waals surface area contributed by atoms with Gasteiger partial charge in [-0.15, -0.1) is 0 Å². The second-order valence-electron chi connectivity index (χ2n) is 5.99. The number of carboxylic acid groups (broad SMARTS) is 1. The molecule has 1 atom stereocenters. The van der Waals surface area contributed by atoms with E-state index in [1.165, 1.54) is 6.07 Å². The third-order valence-electron chi connectivity index (χ3n) is 3.82. The first-order valence-electron chi connectivity index (χ1n) is 8.05. The van der Waals surface area contributed by atoms with Gasteiger partial charge in [-0.05, 0) is 30.4 Å². The van der Waals surface area contributed by atoms with Crippen molar-refractivity contribution in [3.63, 3.8) is 0 Å². The minimum absolute atomic E-state index is 0.0590. The number of benzene rings is 1. The summed E-state index contributed by atoms with van der Waals surface area (Å²) in [5.74, 6) is -0.870. The van der Waals surface area contributed by atoms with Crippen LogP contribution in [0.3, 0.4) is 0 Å². The summed E-state index contributed by atoms with van der Waals surface area (Å²) < 4.78 is 5.67. The zero-order chi connectivity index (χ0) is 17.5. The molecular formula is C20H22O4. The monoisotopic (exact) mass is 326 g/mol. The van der Waals surface area contributed by atoms with E-state index >= 15 is 0 Å². The smallest absolute Gasteiger partial charge is 0.344 e. The van der Waals surface area contributed by atoms with Crippen LogP contribution in [0.2, 0.25) is 0 Å². The minimum Gasteiger partial charge on any atom is -0.479 e. The van der Waals surface area contributed by atoms with E-state index in [1.807, 2.05) is 44.2 Å². The van der Waals surface area contributed by atoms with Crippen molar-refractivity contribution in [2.45, 2.75) is 38.7 Å². The van der Waals surface area contributed by atoms with Crippen LogP contribution >= 0.6 is 0 Å². The second-order valence-corrected chi connectivity index (χ2v) is 5.99. The fourth-order valence-corrected chi connectivity index (χ4v) is 2.49. The normalized spacial score (nSPS) is 12.0. The summed E-state index contributed by atoms with van der Waals surface area (Å²) in [5.41, 5.74) is 1.46. The lowest BCUT2D eigenvalue weighted by molar-refractivity contribution is -0.145. The Balaban J connectivity index is 2.24. The van der Waals surface area contributed by atoms with Crippen LogP contribution in [-0.2, 0) is 11.2 Å². The molecule has 4 heteroatoms. The van der Waals surface area contributed by atoms with Crippen molar-refractivity contribution in [3.8, 4) is 5.75 Å². The Morgan fingerprint density at radius 1 is 1.04 bits per heavy atom. The zero-order valence-electron chi connectivity index (χ0n) is 13.9. The van der Waals surface area contributed by atoms with Crippen LogP contribution in [-0.4, -0.2) is 17.2 Å². The van der Waals surface area contributed by atoms with Crippen molar-refractivity contribution < 1.29 is 14.6 Å². The molecule has 4 nitrogen and oxygen atoms in total. The van der Waals surface area contributed by atoms with Crippen molar-refractivity contribution in [1.29, 1.82) is 0 Å². The molecule has 0 bridgehead atoms. The first-order valence-corrected chi connectivity index (χ1v) is 8.05. The van der Waals surface area contributed by atoms with Crippen LogP contribution in [0.1, 0.15) is 37.3 Å². The molecule has 1 N–H and O–H groups in total. The van der Waals surface area contributed by atoms with Gasteiger partial charge in [-0.25, -0.2) is 4.79 Å². The molecule has 0 spiro atoms. The van der Waals surface area contributed by atoms with E-state index in [2.05, 4.69) is 0 Å². The topological polar surface area (TPSA) is 63.6 Å². The summed E-state index contributed by atoms with van der Waals surface area (Å²) in [6, 6.07) is 16.2. The molecule has 2 aromatic carbocycles. The van der Waals surface area contributed by atoms with Gasteiger partial charge in [-0.1, -0.05) is 62.4 Å². The predicted octanol–water partition coefficient (Wildman–Crippen LogP) is 3.64. The summed E-state index contributed by atoms with van der Waals surface area (Å²) >= 11 is 0. The lowest BCUT2D eigenvalue weighted by Gasteiger charge is -2.17. The highest BCUT2D eigenvalue weighted by molar-refractivity contribution is 5.72. The van der Waals surface area contributed by atoms with Gasteiger partial charge < -0.3 is 9.84 Å². The minimum atomic E-state index is -1.06. The predicted molar refractivity (Wildman–Crippen MR) is 93.6 cm³/mol. The zero-order valence-corrected chi connectivity index (χ0v) is 13.9. The van der Waals surface area contributed by atoms with Crippen molar-refractivity contribution >= 4 is 5.97 Å². The van der Waals surface area contributed by atoms with Gasteiger partial charge in [0, 0.05) is 5.56 Å². The van der Waals surface area contributed by atoms with Crippen molar-refractivity contribution in [1.82, 2.24) is 0 Å². The maximum Gasteiger partial charge on any atom is 0.344 e. The van der Waals surface area contributed by atoms with Crippen LogP contribution in [0.25, 0.3) is 0 Å². The van der Waals surface area contributed by atoms with E-state index < -0.39 is 12.1 Å². The lowest BCUT2D eigenvalue weighted by atomic mass is 10.0. The summed E-state index contributed by atoms with van der Waals surface area (Å²) in [4.78, 5) is 23.8. The van der Waals surface area contributed by atoms with Gasteiger partial charge in [-0.3, -0.25) is 4.79 Å². The number of aryl methyl sites for hydroxylation is 1. The lowest BCUT2D eigenvalue weighted by Crippen LogP contribution is -2.30. The number of rotatable bonds is 7. The molecule has 0 aliphatic rings. The molecule has 24 heavy (non-hydrogen) atoms. The summed E-state index contributed by atoms with van der Waals surface area (Å²) in [5, 5.41) is 9.47. The number of carbonyl (C=O) groups is 1. The van der Waals surface area contributed by atoms with Crippen LogP contribution in [0.4, 0.5) is 0 Å². The molecule has 2 rings (SSSR count). The Kier molecular flexibility index (Phi) is 6.13. The van der Waals surface area contributed by atoms with E-state index in [0.717, 1.165) is 11.1 Å². The van der Waals surface area contributed by atoms with E-state index in [0.29, 0.717) is 12.8 Å². The molecule has 0 heterocycles. The molecular weight excluding hydrogens is 304 g/mol. The fourth-order valence-electron chi connectivity index (χ4n) is 2.49. The molecule has 0 aliphatic carbocycles. The first-order chi connectivity index (χ1) is 11.5. The van der Waals surface area contributed by atoms with Crippen LogP contribution < -0.4 is 10.2 Å². The largest absolute Gasteiger partial charge is 0.479 e.